The number of likely N-dealkylation sites (tertiary alicyclic amines) is 1. The summed E-state index contributed by atoms with van der Waals surface area (Å²) in [7, 11) is 1.84. The van der Waals surface area contributed by atoms with Crippen molar-refractivity contribution in [2.75, 3.05) is 27.1 Å². The van der Waals surface area contributed by atoms with Crippen molar-refractivity contribution in [1.82, 2.24) is 0 Å². The highest BCUT2D eigenvalue weighted by molar-refractivity contribution is 4.47. The lowest BCUT2D eigenvalue weighted by Crippen LogP contribution is -3.00. The van der Waals surface area contributed by atoms with Gasteiger partial charge in [-0.2, -0.15) is 0 Å². The molecule has 56 valence electrons. The summed E-state index contributed by atoms with van der Waals surface area (Å²) < 4.78 is 22.3. The van der Waals surface area contributed by atoms with Crippen molar-refractivity contribution in [3.05, 3.63) is 0 Å². The van der Waals surface area contributed by atoms with E-state index in [1.54, 1.807) is 0 Å². The van der Waals surface area contributed by atoms with Crippen LogP contribution >= 0.6 is 0 Å². The molecule has 0 unspecified atom stereocenters. The topological polar surface area (TPSA) is 0 Å². The molecule has 1 nitrogen and oxygen atoms in total. The van der Waals surface area contributed by atoms with E-state index in [9.17, 15) is 0 Å². The van der Waals surface area contributed by atoms with Crippen molar-refractivity contribution >= 4 is 0 Å². The second kappa shape index (κ2) is 3.43. The van der Waals surface area contributed by atoms with E-state index in [0.717, 1.165) is 25.9 Å². The molecular formula is C7H16ClN. The Bertz CT molecular complexity index is 140. The first-order valence-corrected chi connectivity index (χ1v) is 3.30. The molecule has 0 bridgehead atoms. The molecule has 9 heavy (non-hydrogen) atoms. The predicted molar refractivity (Wildman–Crippen MR) is 35.7 cm³/mol. The summed E-state index contributed by atoms with van der Waals surface area (Å²) in [6.45, 7) is -0.173. The highest BCUT2D eigenvalue weighted by Crippen LogP contribution is 2.11. The average molecular weight is 154 g/mol. The van der Waals surface area contributed by atoms with Gasteiger partial charge in [-0.1, -0.05) is 0 Å². The maximum atomic E-state index is 7.33. The summed E-state index contributed by atoms with van der Waals surface area (Å²) in [6, 6.07) is 0. The number of rotatable bonds is 0. The summed E-state index contributed by atoms with van der Waals surface area (Å²) in [5.41, 5.74) is 0. The zero-order chi connectivity index (χ0) is 8.54. The quantitative estimate of drug-likeness (QED) is 0.286. The van der Waals surface area contributed by atoms with Crippen LogP contribution in [0, 0.1) is 0 Å². The summed E-state index contributed by atoms with van der Waals surface area (Å²) in [5, 5.41) is 0. The first-order valence-electron chi connectivity index (χ1n) is 4.80. The normalized spacial score (nSPS) is 31.0. The Hall–Kier alpha value is 0.250. The predicted octanol–water partition coefficient (Wildman–Crippen LogP) is -1.75. The van der Waals surface area contributed by atoms with Crippen molar-refractivity contribution in [2.45, 2.75) is 19.3 Å². The fraction of sp³-hybridized carbons (Fsp3) is 1.00. The van der Waals surface area contributed by atoms with Gasteiger partial charge in [-0.3, -0.25) is 0 Å². The second-order valence-corrected chi connectivity index (χ2v) is 2.90. The third-order valence-corrected chi connectivity index (χ3v) is 1.80. The molecule has 1 aliphatic heterocycles. The first-order chi connectivity index (χ1) is 4.96. The first kappa shape index (κ1) is 4.97. The monoisotopic (exact) mass is 153 g/mol. The van der Waals surface area contributed by atoms with Gasteiger partial charge in [0.2, 0.25) is 0 Å². The number of quaternary nitrogens is 1. The van der Waals surface area contributed by atoms with E-state index in [1.165, 1.54) is 6.42 Å². The van der Waals surface area contributed by atoms with Crippen LogP contribution in [0.15, 0.2) is 0 Å². The number of nitrogens with zero attached hydrogens (tertiary/aromatic N) is 1. The minimum atomic E-state index is -1.81. The van der Waals surface area contributed by atoms with Crippen LogP contribution in [0.1, 0.15) is 23.4 Å². The Kier molecular flexibility index (Phi) is 1.89. The zero-order valence-electron chi connectivity index (χ0n) is 8.86. The number of hydrogen-bond donors (Lipinski definition) is 0. The summed E-state index contributed by atoms with van der Waals surface area (Å²) >= 11 is 0. The van der Waals surface area contributed by atoms with Gasteiger partial charge in [0.25, 0.3) is 0 Å². The molecule has 0 aliphatic carbocycles. The van der Waals surface area contributed by atoms with E-state index in [4.69, 9.17) is 4.11 Å². The van der Waals surface area contributed by atoms with Gasteiger partial charge in [0, 0.05) is 0 Å². The standard InChI is InChI=1S/C7H16N.ClH/c1-8(2)6-4-3-5-7-8;/h3-7H2,1-2H3;1H/q+1;/p-1/i1+1D3;. The van der Waals surface area contributed by atoms with Crippen LogP contribution in [0.3, 0.4) is 0 Å². The van der Waals surface area contributed by atoms with Crippen LogP contribution in [0.25, 0.3) is 0 Å². The molecule has 0 spiro atoms. The zero-order valence-corrected chi connectivity index (χ0v) is 6.62. The molecule has 0 aromatic carbocycles. The second-order valence-electron chi connectivity index (χ2n) is 2.90. The number of halogens is 1. The average Bonchev–Trinajstić information content (AvgIpc) is 1.87. The number of piperidine rings is 1. The van der Waals surface area contributed by atoms with E-state index < -0.39 is 6.98 Å². The Morgan fingerprint density at radius 3 is 2.11 bits per heavy atom. The molecule has 0 N–H and O–H groups in total. The van der Waals surface area contributed by atoms with Gasteiger partial charge in [-0.05, 0) is 19.3 Å². The Morgan fingerprint density at radius 1 is 1.22 bits per heavy atom. The molecule has 0 saturated carbocycles. The van der Waals surface area contributed by atoms with E-state index in [0.29, 0.717) is 0 Å². The molecule has 0 aromatic rings. The molecule has 2 heteroatoms. The Labute approximate surface area is 68.3 Å². The van der Waals surface area contributed by atoms with E-state index >= 15 is 0 Å². The van der Waals surface area contributed by atoms with Gasteiger partial charge < -0.3 is 16.9 Å². The summed E-state index contributed by atoms with van der Waals surface area (Å²) in [5.74, 6) is 0. The van der Waals surface area contributed by atoms with Crippen LogP contribution < -0.4 is 12.4 Å². The Morgan fingerprint density at radius 2 is 1.78 bits per heavy atom. The highest BCUT2D eigenvalue weighted by atomic mass is 35.5. The van der Waals surface area contributed by atoms with Crippen LogP contribution in [0.2, 0.25) is 0 Å². The Balaban J connectivity index is 0.00000121. The SMILES string of the molecule is [2H][13C]([2H])([2H])[N+]1(C)CCCCC1.[Cl-]. The fourth-order valence-corrected chi connectivity index (χ4v) is 1.21. The molecule has 1 saturated heterocycles. The van der Waals surface area contributed by atoms with E-state index in [-0.39, 0.29) is 16.9 Å². The number of hydrogen-bond acceptors (Lipinski definition) is 0. The van der Waals surface area contributed by atoms with Crippen molar-refractivity contribution in [1.29, 1.82) is 0 Å². The van der Waals surface area contributed by atoms with Gasteiger partial charge in [0.1, 0.15) is 0 Å². The minimum Gasteiger partial charge on any atom is -1.00 e. The van der Waals surface area contributed by atoms with Gasteiger partial charge in [-0.25, -0.2) is 0 Å². The molecule has 1 fully saturated rings. The van der Waals surface area contributed by atoms with E-state index in [1.807, 2.05) is 7.05 Å². The van der Waals surface area contributed by atoms with Gasteiger partial charge >= 0.3 is 0 Å². The minimum absolute atomic E-state index is 0. The lowest BCUT2D eigenvalue weighted by atomic mass is 10.1. The van der Waals surface area contributed by atoms with Crippen molar-refractivity contribution in [2.24, 2.45) is 0 Å². The van der Waals surface area contributed by atoms with Crippen molar-refractivity contribution in [3.8, 4) is 0 Å². The molecule has 0 amide bonds. The molecule has 1 rings (SSSR count). The molecule has 0 atom stereocenters. The van der Waals surface area contributed by atoms with Crippen LogP contribution in [-0.2, 0) is 0 Å². The molecular weight excluding hydrogens is 135 g/mol. The van der Waals surface area contributed by atoms with Crippen LogP contribution in [0.4, 0.5) is 0 Å². The molecule has 0 radical (unpaired) electrons. The van der Waals surface area contributed by atoms with Crippen LogP contribution in [-0.4, -0.2) is 31.6 Å². The maximum Gasteiger partial charge on any atom is 0.0886 e. The van der Waals surface area contributed by atoms with Crippen molar-refractivity contribution < 1.29 is 21.0 Å². The third kappa shape index (κ3) is 3.07. The fourth-order valence-electron chi connectivity index (χ4n) is 1.21. The molecule has 0 aromatic heterocycles. The summed E-state index contributed by atoms with van der Waals surface area (Å²) in [4.78, 5) is 0. The summed E-state index contributed by atoms with van der Waals surface area (Å²) in [6.07, 6.45) is 3.33. The smallest absolute Gasteiger partial charge is 0.0886 e. The largest absolute Gasteiger partial charge is 1.00 e. The van der Waals surface area contributed by atoms with Crippen LogP contribution in [0.5, 0.6) is 0 Å². The highest BCUT2D eigenvalue weighted by Gasteiger charge is 2.17. The maximum absolute atomic E-state index is 7.33. The lowest BCUT2D eigenvalue weighted by molar-refractivity contribution is -0.894. The van der Waals surface area contributed by atoms with Gasteiger partial charge in [-0.15, -0.1) is 0 Å². The van der Waals surface area contributed by atoms with Gasteiger partial charge in [0.05, 0.1) is 31.2 Å². The van der Waals surface area contributed by atoms with Crippen molar-refractivity contribution in [3.63, 3.8) is 0 Å². The molecule has 1 aliphatic rings. The third-order valence-electron chi connectivity index (χ3n) is 1.80. The lowest BCUT2D eigenvalue weighted by Gasteiger charge is -2.33. The van der Waals surface area contributed by atoms with E-state index in [2.05, 4.69) is 0 Å². The molecule has 1 heterocycles. The van der Waals surface area contributed by atoms with Gasteiger partial charge in [0.15, 0.2) is 0 Å².